The molecule has 0 bridgehead atoms. The van der Waals surface area contributed by atoms with Crippen molar-refractivity contribution in [1.82, 2.24) is 4.98 Å². The number of pyridine rings is 1. The van der Waals surface area contributed by atoms with Gasteiger partial charge in [-0.1, -0.05) is 11.6 Å². The molecule has 0 saturated carbocycles. The summed E-state index contributed by atoms with van der Waals surface area (Å²) >= 11 is 6.17. The van der Waals surface area contributed by atoms with Crippen LogP contribution in [0, 0.1) is 0 Å². The number of hydrogen-bond donors (Lipinski definition) is 2. The Kier molecular flexibility index (Phi) is 5.64. The third kappa shape index (κ3) is 3.81. The zero-order valence-electron chi connectivity index (χ0n) is 10.1. The third-order valence-corrected chi connectivity index (χ3v) is 2.79. The predicted molar refractivity (Wildman–Crippen MR) is 68.3 cm³/mol. The summed E-state index contributed by atoms with van der Waals surface area (Å²) in [6, 6.07) is 1.78. The molecule has 1 heterocycles. The van der Waals surface area contributed by atoms with E-state index in [0.717, 1.165) is 5.56 Å². The summed E-state index contributed by atoms with van der Waals surface area (Å²) in [6.07, 6.45) is 1.08. The van der Waals surface area contributed by atoms with Gasteiger partial charge in [-0.2, -0.15) is 0 Å². The lowest BCUT2D eigenvalue weighted by atomic mass is 10.2. The number of nitrogens with two attached hydrogens (primary N) is 1. The van der Waals surface area contributed by atoms with Gasteiger partial charge in [0.15, 0.2) is 0 Å². The van der Waals surface area contributed by atoms with Crippen LogP contribution >= 0.6 is 11.6 Å². The number of nitrogens with zero attached hydrogens (tertiary/aromatic N) is 2. The van der Waals surface area contributed by atoms with Crippen molar-refractivity contribution in [2.45, 2.75) is 12.6 Å². The van der Waals surface area contributed by atoms with Crippen molar-refractivity contribution in [2.24, 2.45) is 5.73 Å². The lowest BCUT2D eigenvalue weighted by molar-refractivity contribution is 0.0694. The molecule has 0 aliphatic carbocycles. The minimum atomic E-state index is -0.579. The minimum Gasteiger partial charge on any atom is -0.389 e. The van der Waals surface area contributed by atoms with E-state index in [1.807, 2.05) is 7.05 Å². The zero-order chi connectivity index (χ0) is 12.8. The topological polar surface area (TPSA) is 71.6 Å². The van der Waals surface area contributed by atoms with Crippen LogP contribution in [0.15, 0.2) is 12.3 Å². The molecule has 6 heteroatoms. The van der Waals surface area contributed by atoms with E-state index in [2.05, 4.69) is 4.98 Å². The Morgan fingerprint density at radius 1 is 1.65 bits per heavy atom. The Bertz CT molecular complexity index is 363. The molecular formula is C11H18ClN3O2. The molecule has 1 atom stereocenters. The third-order valence-electron chi connectivity index (χ3n) is 2.38. The maximum Gasteiger partial charge on any atom is 0.147 e. The van der Waals surface area contributed by atoms with Gasteiger partial charge >= 0.3 is 0 Å². The summed E-state index contributed by atoms with van der Waals surface area (Å²) in [5.41, 5.74) is 6.41. The number of anilines is 1. The SMILES string of the molecule is COCC(O)CN(C)c1nccc(CN)c1Cl. The predicted octanol–water partition coefficient (Wildman–Crippen LogP) is 0.637. The second-order valence-corrected chi connectivity index (χ2v) is 4.18. The summed E-state index contributed by atoms with van der Waals surface area (Å²) in [6.45, 7) is 1.04. The van der Waals surface area contributed by atoms with E-state index in [-0.39, 0.29) is 6.61 Å². The molecule has 96 valence electrons. The number of methoxy groups -OCH3 is 1. The maximum absolute atomic E-state index is 9.64. The molecule has 1 unspecified atom stereocenters. The second-order valence-electron chi connectivity index (χ2n) is 3.80. The first-order chi connectivity index (χ1) is 8.10. The molecule has 0 amide bonds. The fourth-order valence-corrected chi connectivity index (χ4v) is 1.88. The van der Waals surface area contributed by atoms with Gasteiger partial charge in [-0.25, -0.2) is 4.98 Å². The van der Waals surface area contributed by atoms with Gasteiger partial charge in [-0.15, -0.1) is 0 Å². The van der Waals surface area contributed by atoms with Crippen LogP contribution in [0.1, 0.15) is 5.56 Å². The Morgan fingerprint density at radius 3 is 2.94 bits per heavy atom. The summed E-state index contributed by atoms with van der Waals surface area (Å²) in [5.74, 6) is 0.616. The van der Waals surface area contributed by atoms with Gasteiger partial charge in [-0.3, -0.25) is 0 Å². The number of aliphatic hydroxyl groups excluding tert-OH is 1. The summed E-state index contributed by atoms with van der Waals surface area (Å²) in [7, 11) is 3.36. The molecule has 0 fully saturated rings. The number of halogens is 1. The molecule has 1 aromatic heterocycles. The van der Waals surface area contributed by atoms with Crippen LogP contribution in [0.25, 0.3) is 0 Å². The van der Waals surface area contributed by atoms with Crippen LogP contribution in [-0.4, -0.2) is 43.5 Å². The Labute approximate surface area is 106 Å². The number of aliphatic hydroxyl groups is 1. The summed E-state index contributed by atoms with van der Waals surface area (Å²) in [5, 5.41) is 10.2. The molecule has 3 N–H and O–H groups in total. The van der Waals surface area contributed by atoms with Crippen molar-refractivity contribution in [2.75, 3.05) is 32.2 Å². The standard InChI is InChI=1S/C11H18ClN3O2/c1-15(6-9(16)7-17-2)11-10(12)8(5-13)3-4-14-11/h3-4,9,16H,5-7,13H2,1-2H3. The van der Waals surface area contributed by atoms with E-state index in [4.69, 9.17) is 22.1 Å². The van der Waals surface area contributed by atoms with Crippen LogP contribution in [0.5, 0.6) is 0 Å². The average Bonchev–Trinajstić information content (AvgIpc) is 2.29. The van der Waals surface area contributed by atoms with Gasteiger partial charge in [0, 0.05) is 33.4 Å². The molecule has 17 heavy (non-hydrogen) atoms. The van der Waals surface area contributed by atoms with Crippen molar-refractivity contribution in [3.05, 3.63) is 22.8 Å². The smallest absolute Gasteiger partial charge is 0.147 e. The van der Waals surface area contributed by atoms with Crippen LogP contribution in [-0.2, 0) is 11.3 Å². The Balaban J connectivity index is 2.78. The zero-order valence-corrected chi connectivity index (χ0v) is 10.8. The van der Waals surface area contributed by atoms with E-state index in [1.165, 1.54) is 0 Å². The molecule has 0 aliphatic heterocycles. The van der Waals surface area contributed by atoms with Gasteiger partial charge in [-0.05, 0) is 11.6 Å². The quantitative estimate of drug-likeness (QED) is 0.784. The maximum atomic E-state index is 9.64. The first-order valence-electron chi connectivity index (χ1n) is 5.31. The van der Waals surface area contributed by atoms with Gasteiger partial charge in [0.25, 0.3) is 0 Å². The molecular weight excluding hydrogens is 242 g/mol. The van der Waals surface area contributed by atoms with E-state index in [0.29, 0.717) is 23.9 Å². The number of likely N-dealkylation sites (N-methyl/N-ethyl adjacent to an activating group) is 1. The van der Waals surface area contributed by atoms with E-state index in [1.54, 1.807) is 24.3 Å². The van der Waals surface area contributed by atoms with Crippen LogP contribution < -0.4 is 10.6 Å². The molecule has 0 spiro atoms. The number of aromatic nitrogens is 1. The van der Waals surface area contributed by atoms with Crippen LogP contribution in [0.3, 0.4) is 0 Å². The normalized spacial score (nSPS) is 12.5. The highest BCUT2D eigenvalue weighted by Gasteiger charge is 2.14. The first-order valence-corrected chi connectivity index (χ1v) is 5.69. The summed E-state index contributed by atoms with van der Waals surface area (Å²) in [4.78, 5) is 5.97. The molecule has 0 aromatic carbocycles. The van der Waals surface area contributed by atoms with Crippen LogP contribution in [0.2, 0.25) is 5.02 Å². The van der Waals surface area contributed by atoms with Gasteiger partial charge in [0.05, 0.1) is 17.7 Å². The molecule has 0 radical (unpaired) electrons. The first kappa shape index (κ1) is 14.2. The minimum absolute atomic E-state index is 0.276. The van der Waals surface area contributed by atoms with Crippen molar-refractivity contribution >= 4 is 17.4 Å². The van der Waals surface area contributed by atoms with Gasteiger partial charge in [0.2, 0.25) is 0 Å². The molecule has 0 saturated heterocycles. The number of ether oxygens (including phenoxy) is 1. The van der Waals surface area contributed by atoms with Crippen molar-refractivity contribution in [1.29, 1.82) is 0 Å². The molecule has 1 rings (SSSR count). The van der Waals surface area contributed by atoms with Crippen molar-refractivity contribution in [3.63, 3.8) is 0 Å². The van der Waals surface area contributed by atoms with Gasteiger partial charge < -0.3 is 20.5 Å². The second kappa shape index (κ2) is 6.76. The molecule has 1 aromatic rings. The van der Waals surface area contributed by atoms with E-state index < -0.39 is 6.10 Å². The molecule has 0 aliphatic rings. The lowest BCUT2D eigenvalue weighted by Crippen LogP contribution is -2.32. The van der Waals surface area contributed by atoms with Crippen molar-refractivity contribution in [3.8, 4) is 0 Å². The molecule has 5 nitrogen and oxygen atoms in total. The van der Waals surface area contributed by atoms with Crippen LogP contribution in [0.4, 0.5) is 5.82 Å². The number of rotatable bonds is 6. The van der Waals surface area contributed by atoms with Gasteiger partial charge in [0.1, 0.15) is 5.82 Å². The van der Waals surface area contributed by atoms with E-state index >= 15 is 0 Å². The fourth-order valence-electron chi connectivity index (χ4n) is 1.54. The Hall–Kier alpha value is -0.880. The summed E-state index contributed by atoms with van der Waals surface area (Å²) < 4.78 is 4.87. The fraction of sp³-hybridized carbons (Fsp3) is 0.545. The van der Waals surface area contributed by atoms with E-state index in [9.17, 15) is 5.11 Å². The Morgan fingerprint density at radius 2 is 2.35 bits per heavy atom. The lowest BCUT2D eigenvalue weighted by Gasteiger charge is -2.22. The number of hydrogen-bond acceptors (Lipinski definition) is 5. The highest BCUT2D eigenvalue weighted by molar-refractivity contribution is 6.33. The highest BCUT2D eigenvalue weighted by Crippen LogP contribution is 2.25. The van der Waals surface area contributed by atoms with Crippen molar-refractivity contribution < 1.29 is 9.84 Å². The monoisotopic (exact) mass is 259 g/mol. The average molecular weight is 260 g/mol. The largest absolute Gasteiger partial charge is 0.389 e. The highest BCUT2D eigenvalue weighted by atomic mass is 35.5.